The van der Waals surface area contributed by atoms with E-state index in [1.807, 2.05) is 11.3 Å². The minimum Gasteiger partial charge on any atom is -0.311 e. The molecule has 0 unspecified atom stereocenters. The van der Waals surface area contributed by atoms with Gasteiger partial charge in [0.1, 0.15) is 0 Å². The summed E-state index contributed by atoms with van der Waals surface area (Å²) in [6, 6.07) is 108. The predicted octanol–water partition coefficient (Wildman–Crippen LogP) is 22.0. The molecule has 0 aliphatic carbocycles. The first-order chi connectivity index (χ1) is 45.3. The van der Waals surface area contributed by atoms with Crippen LogP contribution in [-0.2, 0) is 11.8 Å². The van der Waals surface area contributed by atoms with E-state index in [0.29, 0.717) is 0 Å². The maximum absolute atomic E-state index is 2.73. The molecule has 0 spiro atoms. The maximum atomic E-state index is 2.73. The van der Waals surface area contributed by atoms with Crippen LogP contribution in [0.1, 0.15) is 51.7 Å². The third-order valence-corrected chi connectivity index (χ3v) is 20.9. The average molecular weight is 1200 g/mol. The Bertz CT molecular complexity index is 5470. The number of anilines is 6. The quantitative estimate of drug-likeness (QED) is 0.127. The van der Waals surface area contributed by atoms with Crippen molar-refractivity contribution in [3.63, 3.8) is 0 Å². The largest absolute Gasteiger partial charge is 0.311 e. The summed E-state index contributed by atoms with van der Waals surface area (Å²) in [5, 5.41) is 7.64. The lowest BCUT2D eigenvalue weighted by atomic mass is 9.33. The minimum atomic E-state index is -0.267. The highest BCUT2D eigenvalue weighted by Crippen LogP contribution is 2.54. The monoisotopic (exact) mass is 1200 g/mol. The van der Waals surface area contributed by atoms with Gasteiger partial charge >= 0.3 is 0 Å². The first-order valence-corrected chi connectivity index (χ1v) is 33.4. The van der Waals surface area contributed by atoms with Gasteiger partial charge in [-0.3, -0.25) is 0 Å². The summed E-state index contributed by atoms with van der Waals surface area (Å²) in [5.74, 6) is 0. The van der Waals surface area contributed by atoms with Crippen LogP contribution in [0.4, 0.5) is 34.1 Å². The van der Waals surface area contributed by atoms with E-state index >= 15 is 0 Å². The van der Waals surface area contributed by atoms with Crippen LogP contribution in [-0.4, -0.2) is 15.8 Å². The van der Waals surface area contributed by atoms with Crippen molar-refractivity contribution in [2.75, 3.05) is 9.80 Å². The van der Waals surface area contributed by atoms with Gasteiger partial charge < -0.3 is 18.9 Å². The predicted molar refractivity (Wildman–Crippen MR) is 396 cm³/mol. The number of unbranched alkanes of at least 4 members (excludes halogenated alkanes) is 1. The van der Waals surface area contributed by atoms with Crippen LogP contribution in [0.3, 0.4) is 0 Å². The highest BCUT2D eigenvalue weighted by Gasteiger charge is 2.46. The summed E-state index contributed by atoms with van der Waals surface area (Å²) in [5.41, 5.74) is 27.3. The zero-order valence-electron chi connectivity index (χ0n) is 52.0. The Hall–Kier alpha value is -10.7. The second-order valence-electron chi connectivity index (χ2n) is 26.2. The summed E-state index contributed by atoms with van der Waals surface area (Å²) in [4.78, 5) is 5.45. The van der Waals surface area contributed by atoms with Gasteiger partial charge in [-0.1, -0.05) is 228 Å². The van der Waals surface area contributed by atoms with Gasteiger partial charge in [0.2, 0.25) is 0 Å². The van der Waals surface area contributed by atoms with Crippen molar-refractivity contribution in [2.24, 2.45) is 0 Å². The third kappa shape index (κ3) is 8.43. The summed E-state index contributed by atoms with van der Waals surface area (Å²) >= 11 is 1.91. The van der Waals surface area contributed by atoms with Crippen LogP contribution in [0.5, 0.6) is 0 Å². The SMILES string of the molecule is CCCCc1cc2c(cc1N1c3cc(-n4c5ccccc5c5ccccc54)ccc3B3c4ccc(-n5c6ccccc6c6ccccc65)cc4N(c4c(-c5ccccc5)cc(-c5ccccc5)cc4-c4ccccc4)c4cc(C(C)(C)C)cc1c43)sc1ccccc12. The van der Waals surface area contributed by atoms with Crippen molar-refractivity contribution >= 4 is 132 Å². The molecule has 18 rings (SSSR count). The Morgan fingerprint density at radius 2 is 0.804 bits per heavy atom. The first-order valence-electron chi connectivity index (χ1n) is 32.6. The van der Waals surface area contributed by atoms with Gasteiger partial charge in [-0.2, -0.15) is 0 Å². The zero-order valence-corrected chi connectivity index (χ0v) is 52.8. The molecule has 3 aromatic heterocycles. The Kier molecular flexibility index (Phi) is 12.5. The number of aryl methyl sites for hydroxylation is 1. The normalized spacial score (nSPS) is 12.8. The van der Waals surface area contributed by atoms with E-state index in [2.05, 4.69) is 332 Å². The lowest BCUT2D eigenvalue weighted by Gasteiger charge is -2.46. The van der Waals surface area contributed by atoms with Crippen molar-refractivity contribution in [1.82, 2.24) is 9.13 Å². The maximum Gasteiger partial charge on any atom is 0.252 e. The summed E-state index contributed by atoms with van der Waals surface area (Å²) in [6.07, 6.45) is 3.11. The molecule has 0 saturated heterocycles. The molecule has 0 amide bonds. The Balaban J connectivity index is 1.01. The van der Waals surface area contributed by atoms with E-state index in [1.165, 1.54) is 125 Å². The molecule has 2 aliphatic rings. The van der Waals surface area contributed by atoms with Crippen LogP contribution in [0.15, 0.2) is 285 Å². The zero-order chi connectivity index (χ0) is 61.3. The topological polar surface area (TPSA) is 16.3 Å². The standard InChI is InChI=1S/C86H65BN4S/c1-5-6-26-58-47-70-67-37-20-25-42-82(67)92-83(70)54-77(58)90-78-52-61(88-73-38-21-16-33-63(73)64-34-17-22-39-74(64)88)43-45-71(78)87-72-46-44-62(89-75-40-23-18-35-65(75)66-36-19-24-41-76(66)89)53-79(72)91(81-51-60(86(2,3)4)50-80(90)84(81)87)85-68(56-29-12-8-13-30-56)48-59(55-27-10-7-11-28-55)49-69(85)57-31-14-9-15-32-57/h7-25,27-54H,5-6,26H2,1-4H3. The highest BCUT2D eigenvalue weighted by molar-refractivity contribution is 7.25. The number of nitrogens with zero attached hydrogens (tertiary/aromatic N) is 4. The second-order valence-corrected chi connectivity index (χ2v) is 27.3. The number of hydrogen-bond acceptors (Lipinski definition) is 3. The van der Waals surface area contributed by atoms with Crippen molar-refractivity contribution < 1.29 is 0 Å². The summed E-state index contributed by atoms with van der Waals surface area (Å²) < 4.78 is 7.62. The molecule has 0 N–H and O–H groups in total. The van der Waals surface area contributed by atoms with Crippen LogP contribution in [0, 0.1) is 0 Å². The van der Waals surface area contributed by atoms with E-state index in [1.54, 1.807) is 0 Å². The molecule has 5 heterocycles. The van der Waals surface area contributed by atoms with Crippen LogP contribution in [0.25, 0.3) is 109 Å². The molecule has 4 nitrogen and oxygen atoms in total. The summed E-state index contributed by atoms with van der Waals surface area (Å²) in [7, 11) is 0. The fourth-order valence-electron chi connectivity index (χ4n) is 15.5. The van der Waals surface area contributed by atoms with Gasteiger partial charge in [0, 0.05) is 87.0 Å². The van der Waals surface area contributed by atoms with E-state index in [0.717, 1.165) is 64.3 Å². The van der Waals surface area contributed by atoms with Gasteiger partial charge in [-0.05, 0) is 159 Å². The van der Waals surface area contributed by atoms with E-state index in [-0.39, 0.29) is 12.1 Å². The number of hydrogen-bond donors (Lipinski definition) is 0. The van der Waals surface area contributed by atoms with E-state index < -0.39 is 0 Å². The smallest absolute Gasteiger partial charge is 0.252 e. The fraction of sp³-hybridized carbons (Fsp3) is 0.0930. The Labute approximate surface area is 541 Å². The lowest BCUT2D eigenvalue weighted by molar-refractivity contribution is 0.590. The molecule has 0 bridgehead atoms. The minimum absolute atomic E-state index is 0.165. The molecule has 0 saturated carbocycles. The first kappa shape index (κ1) is 54.3. The van der Waals surface area contributed by atoms with E-state index in [4.69, 9.17) is 0 Å². The van der Waals surface area contributed by atoms with Crippen molar-refractivity contribution in [3.8, 4) is 44.8 Å². The van der Waals surface area contributed by atoms with Crippen LogP contribution < -0.4 is 26.2 Å². The van der Waals surface area contributed by atoms with Crippen LogP contribution >= 0.6 is 11.3 Å². The van der Waals surface area contributed by atoms with Crippen molar-refractivity contribution in [2.45, 2.75) is 52.4 Å². The molecule has 16 aromatic rings. The number of benzene rings is 13. The molecule has 92 heavy (non-hydrogen) atoms. The van der Waals surface area contributed by atoms with Gasteiger partial charge in [0.15, 0.2) is 0 Å². The molecule has 0 fully saturated rings. The van der Waals surface area contributed by atoms with Gasteiger partial charge in [0.05, 0.1) is 33.4 Å². The Morgan fingerprint density at radius 3 is 1.30 bits per heavy atom. The van der Waals surface area contributed by atoms with Crippen molar-refractivity contribution in [3.05, 3.63) is 296 Å². The number of aromatic nitrogens is 2. The average Bonchev–Trinajstić information content (AvgIpc) is 0.853. The number of fused-ring (bicyclic) bond motifs is 13. The molecule has 13 aromatic carbocycles. The van der Waals surface area contributed by atoms with Crippen molar-refractivity contribution in [1.29, 1.82) is 0 Å². The fourth-order valence-corrected chi connectivity index (χ4v) is 16.6. The lowest BCUT2D eigenvalue weighted by Crippen LogP contribution is -2.61. The highest BCUT2D eigenvalue weighted by atomic mass is 32.1. The number of thiophene rings is 1. The Morgan fingerprint density at radius 1 is 0.359 bits per heavy atom. The summed E-state index contributed by atoms with van der Waals surface area (Å²) in [6.45, 7) is 9.37. The molecule has 0 atom stereocenters. The van der Waals surface area contributed by atoms with Gasteiger partial charge in [0.25, 0.3) is 6.71 Å². The number of rotatable bonds is 10. The van der Waals surface area contributed by atoms with Gasteiger partial charge in [-0.15, -0.1) is 11.3 Å². The molecule has 6 heteroatoms. The number of para-hydroxylation sites is 4. The van der Waals surface area contributed by atoms with Crippen LogP contribution in [0.2, 0.25) is 0 Å². The second kappa shape index (κ2) is 21.2. The molecule has 438 valence electrons. The molecule has 2 aliphatic heterocycles. The molecule has 0 radical (unpaired) electrons. The third-order valence-electron chi connectivity index (χ3n) is 19.8. The van der Waals surface area contributed by atoms with E-state index in [9.17, 15) is 0 Å². The molecular formula is C86H65BN4S. The van der Waals surface area contributed by atoms with Gasteiger partial charge in [-0.25, -0.2) is 0 Å². The molecular weight excluding hydrogens is 1130 g/mol.